The van der Waals surface area contributed by atoms with E-state index in [0.29, 0.717) is 31.6 Å². The highest BCUT2D eigenvalue weighted by atomic mass is 16.4. The average molecular weight is 267 g/mol. The molecule has 0 unspecified atom stereocenters. The maximum absolute atomic E-state index is 12.0. The summed E-state index contributed by atoms with van der Waals surface area (Å²) in [7, 11) is 0. The van der Waals surface area contributed by atoms with Crippen LogP contribution in [0.2, 0.25) is 0 Å². The molecule has 1 aromatic rings. The molecule has 2 rings (SSSR count). The van der Waals surface area contributed by atoms with Gasteiger partial charge in [0.15, 0.2) is 0 Å². The number of hydrogen-bond donors (Lipinski definition) is 4. The van der Waals surface area contributed by atoms with Gasteiger partial charge in [0.05, 0.1) is 11.8 Å². The molecular formula is C12H17N3O4. The molecule has 1 aromatic heterocycles. The van der Waals surface area contributed by atoms with E-state index in [9.17, 15) is 14.7 Å². The maximum Gasteiger partial charge on any atom is 0.354 e. The fourth-order valence-corrected chi connectivity index (χ4v) is 2.12. The molecule has 1 saturated heterocycles. The Bertz CT molecular complexity index is 489. The number of carboxylic acid groups (broad SMARTS) is 1. The molecule has 0 atom stereocenters. The summed E-state index contributed by atoms with van der Waals surface area (Å²) in [5, 5.41) is 21.0. The van der Waals surface area contributed by atoms with Gasteiger partial charge < -0.3 is 25.4 Å². The van der Waals surface area contributed by atoms with Crippen LogP contribution in [0, 0.1) is 6.92 Å². The van der Waals surface area contributed by atoms with E-state index in [2.05, 4.69) is 10.3 Å². The predicted molar refractivity (Wildman–Crippen MR) is 68.3 cm³/mol. The number of amides is 2. The molecule has 0 saturated carbocycles. The van der Waals surface area contributed by atoms with Gasteiger partial charge in [-0.05, 0) is 25.8 Å². The van der Waals surface area contributed by atoms with Crippen LogP contribution in [0.4, 0.5) is 10.5 Å². The molecule has 2 amide bonds. The molecule has 4 N–H and O–H groups in total. The lowest BCUT2D eigenvalue weighted by Crippen LogP contribution is -2.42. The highest BCUT2D eigenvalue weighted by molar-refractivity contribution is 5.99. The molecule has 0 aliphatic carbocycles. The van der Waals surface area contributed by atoms with Crippen LogP contribution < -0.4 is 5.32 Å². The third-order valence-electron chi connectivity index (χ3n) is 3.16. The summed E-state index contributed by atoms with van der Waals surface area (Å²) in [5.41, 5.74) is 0.908. The maximum atomic E-state index is 12.0. The fourth-order valence-electron chi connectivity index (χ4n) is 2.12. The van der Waals surface area contributed by atoms with Crippen molar-refractivity contribution in [3.8, 4) is 0 Å². The van der Waals surface area contributed by atoms with Gasteiger partial charge in [-0.2, -0.15) is 0 Å². The largest absolute Gasteiger partial charge is 0.477 e. The lowest BCUT2D eigenvalue weighted by molar-refractivity contribution is 0.0692. The van der Waals surface area contributed by atoms with Crippen molar-refractivity contribution < 1.29 is 19.8 Å². The number of aliphatic hydroxyl groups excluding tert-OH is 1. The van der Waals surface area contributed by atoms with Crippen molar-refractivity contribution in [1.29, 1.82) is 0 Å². The number of nitrogens with zero attached hydrogens (tertiary/aromatic N) is 1. The molecule has 0 radical (unpaired) electrons. The van der Waals surface area contributed by atoms with Gasteiger partial charge in [0.1, 0.15) is 5.69 Å². The van der Waals surface area contributed by atoms with Gasteiger partial charge >= 0.3 is 12.0 Å². The van der Waals surface area contributed by atoms with Crippen LogP contribution in [0.25, 0.3) is 0 Å². The average Bonchev–Trinajstić information content (AvgIpc) is 2.71. The number of likely N-dealkylation sites (tertiary alicyclic amines) is 1. The number of aromatic carboxylic acids is 1. The first kappa shape index (κ1) is 13.4. The number of H-pyrrole nitrogens is 1. The highest BCUT2D eigenvalue weighted by Crippen LogP contribution is 2.18. The number of aromatic nitrogens is 1. The molecule has 104 valence electrons. The van der Waals surface area contributed by atoms with Crippen LogP contribution in [-0.4, -0.2) is 51.3 Å². The zero-order chi connectivity index (χ0) is 14.0. The number of aryl methyl sites for hydroxylation is 1. The van der Waals surface area contributed by atoms with E-state index in [0.717, 1.165) is 0 Å². The van der Waals surface area contributed by atoms with E-state index < -0.39 is 5.97 Å². The van der Waals surface area contributed by atoms with Crippen LogP contribution in [0.15, 0.2) is 6.07 Å². The summed E-state index contributed by atoms with van der Waals surface area (Å²) in [6.45, 7) is 2.66. The number of anilines is 1. The van der Waals surface area contributed by atoms with Gasteiger partial charge in [-0.3, -0.25) is 0 Å². The third kappa shape index (κ3) is 3.05. The number of carboxylic acids is 1. The Balaban J connectivity index is 2.04. The molecule has 1 fully saturated rings. The van der Waals surface area contributed by atoms with E-state index in [1.807, 2.05) is 0 Å². The van der Waals surface area contributed by atoms with Crippen LogP contribution >= 0.6 is 0 Å². The van der Waals surface area contributed by atoms with E-state index in [-0.39, 0.29) is 23.5 Å². The van der Waals surface area contributed by atoms with Crippen molar-refractivity contribution in [2.24, 2.45) is 0 Å². The lowest BCUT2D eigenvalue weighted by Gasteiger charge is -2.29. The van der Waals surface area contributed by atoms with Crippen LogP contribution in [-0.2, 0) is 0 Å². The first-order valence-electron chi connectivity index (χ1n) is 6.14. The van der Waals surface area contributed by atoms with Gasteiger partial charge in [-0.15, -0.1) is 0 Å². The van der Waals surface area contributed by atoms with Crippen molar-refractivity contribution in [2.45, 2.75) is 25.9 Å². The Hall–Kier alpha value is -2.02. The van der Waals surface area contributed by atoms with Crippen LogP contribution in [0.3, 0.4) is 0 Å². The Kier molecular flexibility index (Phi) is 3.75. The zero-order valence-electron chi connectivity index (χ0n) is 10.6. The summed E-state index contributed by atoms with van der Waals surface area (Å²) < 4.78 is 0. The lowest BCUT2D eigenvalue weighted by atomic mass is 10.1. The standard InChI is InChI=1S/C12H17N3O4/c1-7-6-9(10(13-7)11(17)18)14-12(19)15-4-2-8(16)3-5-15/h6,8,13,16H,2-5H2,1H3,(H,14,19)(H,17,18). The molecule has 19 heavy (non-hydrogen) atoms. The zero-order valence-corrected chi connectivity index (χ0v) is 10.6. The van der Waals surface area contributed by atoms with Crippen LogP contribution in [0.1, 0.15) is 29.0 Å². The van der Waals surface area contributed by atoms with Gasteiger partial charge in [0.2, 0.25) is 0 Å². The molecule has 0 aromatic carbocycles. The second kappa shape index (κ2) is 5.31. The third-order valence-corrected chi connectivity index (χ3v) is 3.16. The first-order chi connectivity index (χ1) is 8.97. The summed E-state index contributed by atoms with van der Waals surface area (Å²) >= 11 is 0. The fraction of sp³-hybridized carbons (Fsp3) is 0.500. The normalized spacial score (nSPS) is 16.4. The second-order valence-corrected chi connectivity index (χ2v) is 4.69. The first-order valence-corrected chi connectivity index (χ1v) is 6.14. The summed E-state index contributed by atoms with van der Waals surface area (Å²) in [6.07, 6.45) is 0.740. The number of aromatic amines is 1. The number of urea groups is 1. The Morgan fingerprint density at radius 3 is 2.63 bits per heavy atom. The van der Waals surface area contributed by atoms with Crippen molar-refractivity contribution in [3.05, 3.63) is 17.5 Å². The molecular weight excluding hydrogens is 250 g/mol. The molecule has 7 heteroatoms. The smallest absolute Gasteiger partial charge is 0.354 e. The van der Waals surface area contributed by atoms with Gasteiger partial charge in [-0.1, -0.05) is 0 Å². The minimum atomic E-state index is -1.11. The number of hydrogen-bond acceptors (Lipinski definition) is 3. The summed E-state index contributed by atoms with van der Waals surface area (Å²) in [6, 6.07) is 1.24. The van der Waals surface area contributed by atoms with Crippen molar-refractivity contribution in [3.63, 3.8) is 0 Å². The molecule has 1 aliphatic heterocycles. The predicted octanol–water partition coefficient (Wildman–Crippen LogP) is 1.01. The van der Waals surface area contributed by atoms with E-state index in [4.69, 9.17) is 5.11 Å². The number of nitrogens with one attached hydrogen (secondary N) is 2. The number of carbonyl (C=O) groups is 2. The van der Waals surface area contributed by atoms with Crippen LogP contribution in [0.5, 0.6) is 0 Å². The Labute approximate surface area is 110 Å². The van der Waals surface area contributed by atoms with Crippen molar-refractivity contribution in [2.75, 3.05) is 18.4 Å². The minimum Gasteiger partial charge on any atom is -0.477 e. The second-order valence-electron chi connectivity index (χ2n) is 4.69. The molecule has 2 heterocycles. The number of aliphatic hydroxyl groups is 1. The topological polar surface area (TPSA) is 106 Å². The number of carbonyl (C=O) groups excluding carboxylic acids is 1. The van der Waals surface area contributed by atoms with E-state index in [1.165, 1.54) is 0 Å². The molecule has 0 spiro atoms. The van der Waals surface area contributed by atoms with E-state index in [1.54, 1.807) is 17.9 Å². The summed E-state index contributed by atoms with van der Waals surface area (Å²) in [5.74, 6) is -1.11. The molecule has 7 nitrogen and oxygen atoms in total. The Morgan fingerprint density at radius 2 is 2.05 bits per heavy atom. The number of rotatable bonds is 2. The van der Waals surface area contributed by atoms with Gasteiger partial charge in [0.25, 0.3) is 0 Å². The van der Waals surface area contributed by atoms with Crippen molar-refractivity contribution >= 4 is 17.7 Å². The monoisotopic (exact) mass is 267 g/mol. The van der Waals surface area contributed by atoms with Crippen molar-refractivity contribution in [1.82, 2.24) is 9.88 Å². The Morgan fingerprint density at radius 1 is 1.42 bits per heavy atom. The SMILES string of the molecule is Cc1cc(NC(=O)N2CCC(O)CC2)c(C(=O)O)[nH]1. The number of piperidine rings is 1. The summed E-state index contributed by atoms with van der Waals surface area (Å²) in [4.78, 5) is 27.2. The highest BCUT2D eigenvalue weighted by Gasteiger charge is 2.23. The molecule has 1 aliphatic rings. The van der Waals surface area contributed by atoms with Gasteiger partial charge in [0, 0.05) is 18.8 Å². The minimum absolute atomic E-state index is 0.0251. The van der Waals surface area contributed by atoms with Gasteiger partial charge in [-0.25, -0.2) is 9.59 Å². The molecule has 0 bridgehead atoms. The van der Waals surface area contributed by atoms with E-state index >= 15 is 0 Å². The quantitative estimate of drug-likeness (QED) is 0.641.